The number of benzene rings is 4. The van der Waals surface area contributed by atoms with Crippen molar-refractivity contribution in [3.05, 3.63) is 106 Å². The summed E-state index contributed by atoms with van der Waals surface area (Å²) in [5.41, 5.74) is 4.78. The van der Waals surface area contributed by atoms with Crippen LogP contribution in [-0.2, 0) is 13.1 Å². The Kier molecular flexibility index (Phi) is 8.25. The summed E-state index contributed by atoms with van der Waals surface area (Å²) < 4.78 is 97.6. The number of ether oxygens (including phenoxy) is 2. The lowest BCUT2D eigenvalue weighted by atomic mass is 9.98. The van der Waals surface area contributed by atoms with Gasteiger partial charge in [0.25, 0.3) is 0 Å². The maximum atomic E-state index is 12.9. The van der Waals surface area contributed by atoms with E-state index in [0.29, 0.717) is 57.3 Å². The van der Waals surface area contributed by atoms with E-state index in [1.54, 1.807) is 24.3 Å². The molecule has 2 unspecified atom stereocenters. The minimum atomic E-state index is -4.84. The van der Waals surface area contributed by atoms with Crippen molar-refractivity contribution in [3.8, 4) is 33.8 Å². The van der Waals surface area contributed by atoms with E-state index in [2.05, 4.69) is 9.47 Å². The molecule has 1 fully saturated rings. The number of rotatable bonds is 10. The molecule has 0 bridgehead atoms. The van der Waals surface area contributed by atoms with E-state index in [1.165, 1.54) is 57.7 Å². The van der Waals surface area contributed by atoms with Crippen molar-refractivity contribution in [2.24, 2.45) is 5.92 Å². The molecule has 0 aliphatic heterocycles. The zero-order valence-electron chi connectivity index (χ0n) is 25.8. The molecule has 7 rings (SSSR count). The Morgan fingerprint density at radius 1 is 0.680 bits per heavy atom. The van der Waals surface area contributed by atoms with Crippen molar-refractivity contribution in [2.75, 3.05) is 6.61 Å². The molecule has 0 spiro atoms. The second-order valence-electron chi connectivity index (χ2n) is 11.9. The molecular formula is C35H26F6N2O7. The van der Waals surface area contributed by atoms with Crippen LogP contribution in [0.2, 0.25) is 0 Å². The van der Waals surface area contributed by atoms with E-state index in [9.17, 15) is 41.0 Å². The number of hydrogen-bond donors (Lipinski definition) is 1. The molecule has 15 heteroatoms. The number of aromatic nitrogens is 2. The number of fused-ring (bicyclic) bond motifs is 2. The normalized spacial score (nSPS) is 16.3. The average Bonchev–Trinajstić information content (AvgIpc) is 3.66. The lowest BCUT2D eigenvalue weighted by Gasteiger charge is -2.11. The van der Waals surface area contributed by atoms with E-state index >= 15 is 0 Å². The summed E-state index contributed by atoms with van der Waals surface area (Å²) in [5, 5.41) is 9.57. The van der Waals surface area contributed by atoms with Crippen LogP contribution in [0.5, 0.6) is 11.5 Å². The van der Waals surface area contributed by atoms with Gasteiger partial charge in [0, 0.05) is 12.1 Å². The predicted molar refractivity (Wildman–Crippen MR) is 168 cm³/mol. The third-order valence-corrected chi connectivity index (χ3v) is 8.68. The highest BCUT2D eigenvalue weighted by Crippen LogP contribution is 2.52. The van der Waals surface area contributed by atoms with Crippen molar-refractivity contribution in [1.82, 2.24) is 9.13 Å². The van der Waals surface area contributed by atoms with Crippen LogP contribution < -0.4 is 21.0 Å². The molecule has 0 saturated heterocycles. The van der Waals surface area contributed by atoms with Gasteiger partial charge in [-0.3, -0.25) is 9.13 Å². The van der Waals surface area contributed by atoms with Gasteiger partial charge in [0.15, 0.2) is 11.2 Å². The summed E-state index contributed by atoms with van der Waals surface area (Å²) in [6.45, 7) is -0.0601. The molecule has 1 aliphatic rings. The first-order valence-corrected chi connectivity index (χ1v) is 15.4. The molecule has 2 heterocycles. The Morgan fingerprint density at radius 3 is 1.82 bits per heavy atom. The third-order valence-electron chi connectivity index (χ3n) is 8.68. The van der Waals surface area contributed by atoms with E-state index < -0.39 is 24.2 Å². The minimum Gasteiger partial charge on any atom is -0.408 e. The van der Waals surface area contributed by atoms with Crippen LogP contribution in [0.1, 0.15) is 24.3 Å². The molecule has 260 valence electrons. The monoisotopic (exact) mass is 700 g/mol. The highest BCUT2D eigenvalue weighted by atomic mass is 19.4. The van der Waals surface area contributed by atoms with Gasteiger partial charge in [-0.15, -0.1) is 26.3 Å². The lowest BCUT2D eigenvalue weighted by molar-refractivity contribution is -0.275. The highest BCUT2D eigenvalue weighted by Gasteiger charge is 2.40. The second-order valence-corrected chi connectivity index (χ2v) is 11.9. The Hall–Kier alpha value is -5.44. The van der Waals surface area contributed by atoms with Crippen molar-refractivity contribution in [3.63, 3.8) is 0 Å². The predicted octanol–water partition coefficient (Wildman–Crippen LogP) is 7.82. The van der Waals surface area contributed by atoms with Crippen LogP contribution in [0, 0.1) is 5.92 Å². The van der Waals surface area contributed by atoms with Crippen molar-refractivity contribution < 1.29 is 49.8 Å². The Bertz CT molecular complexity index is 2300. The number of aryl methyl sites for hydroxylation is 1. The van der Waals surface area contributed by atoms with Gasteiger partial charge >= 0.3 is 24.2 Å². The first kappa shape index (κ1) is 33.1. The molecule has 6 aromatic rings. The van der Waals surface area contributed by atoms with E-state index in [-0.39, 0.29) is 43.0 Å². The van der Waals surface area contributed by atoms with Crippen LogP contribution in [-0.4, -0.2) is 33.6 Å². The first-order chi connectivity index (χ1) is 23.8. The van der Waals surface area contributed by atoms with Crippen LogP contribution in [0.15, 0.2) is 97.3 Å². The summed E-state index contributed by atoms with van der Waals surface area (Å²) in [6, 6.07) is 19.2. The van der Waals surface area contributed by atoms with Gasteiger partial charge in [-0.1, -0.05) is 30.3 Å². The quantitative estimate of drug-likeness (QED) is 0.145. The molecule has 1 saturated carbocycles. The van der Waals surface area contributed by atoms with Crippen LogP contribution in [0.4, 0.5) is 26.3 Å². The Labute approximate surface area is 277 Å². The third kappa shape index (κ3) is 6.85. The molecule has 2 aromatic heterocycles. The molecule has 1 aliphatic carbocycles. The maximum Gasteiger partial charge on any atom is 0.573 e. The topological polar surface area (TPSA) is 109 Å². The number of aliphatic hydroxyl groups excluding tert-OH is 1. The van der Waals surface area contributed by atoms with E-state index in [4.69, 9.17) is 8.83 Å². The SMILES string of the molecule is O=c1oc2ccc(-c3ccc(OC(F)(F)F)cc3)cc2n1CCC1CC1c1cc(-c2ccc(OC(F)(F)F)cc2)cc2c1oc(=O)n2CCO. The number of oxazole rings is 2. The molecule has 2 atom stereocenters. The van der Waals surface area contributed by atoms with Gasteiger partial charge in [0.2, 0.25) is 0 Å². The van der Waals surface area contributed by atoms with Crippen LogP contribution >= 0.6 is 0 Å². The first-order valence-electron chi connectivity index (χ1n) is 15.4. The number of halogens is 6. The summed E-state index contributed by atoms with van der Waals surface area (Å²) in [4.78, 5) is 25.6. The second kappa shape index (κ2) is 12.5. The molecule has 4 aromatic carbocycles. The van der Waals surface area contributed by atoms with Crippen molar-refractivity contribution in [1.29, 1.82) is 0 Å². The molecule has 9 nitrogen and oxygen atoms in total. The number of aliphatic hydroxyl groups is 1. The Balaban J connectivity index is 1.14. The van der Waals surface area contributed by atoms with E-state index in [0.717, 1.165) is 5.56 Å². The Morgan fingerprint density at radius 2 is 1.22 bits per heavy atom. The molecule has 1 N–H and O–H groups in total. The molecule has 0 radical (unpaired) electrons. The molecular weight excluding hydrogens is 674 g/mol. The maximum absolute atomic E-state index is 12.9. The minimum absolute atomic E-state index is 0.0227. The zero-order chi connectivity index (χ0) is 35.4. The van der Waals surface area contributed by atoms with Crippen molar-refractivity contribution >= 4 is 22.2 Å². The largest absolute Gasteiger partial charge is 0.573 e. The van der Waals surface area contributed by atoms with Gasteiger partial charge in [0.1, 0.15) is 11.5 Å². The van der Waals surface area contributed by atoms with Crippen molar-refractivity contribution in [2.45, 2.75) is 44.6 Å². The number of nitrogens with zero attached hydrogens (tertiary/aromatic N) is 2. The molecule has 0 amide bonds. The van der Waals surface area contributed by atoms with Gasteiger partial charge in [-0.2, -0.15) is 0 Å². The fourth-order valence-electron chi connectivity index (χ4n) is 6.34. The summed E-state index contributed by atoms with van der Waals surface area (Å²) >= 11 is 0. The van der Waals surface area contributed by atoms with Crippen LogP contribution in [0.3, 0.4) is 0 Å². The van der Waals surface area contributed by atoms with Crippen LogP contribution in [0.25, 0.3) is 44.5 Å². The standard InChI is InChI=1S/C35H26F6N2O7/c36-34(37,38)49-24-6-1-19(2-7-24)21-5-10-30-28(17-21)42(32(45)47-30)12-11-22-15-26(22)27-16-23(18-29-31(27)48-33(46)43(29)13-14-44)20-3-8-25(9-4-20)50-35(39,40)41/h1-10,16-18,22,26,44H,11-15H2. The lowest BCUT2D eigenvalue weighted by Crippen LogP contribution is -2.16. The zero-order valence-corrected chi connectivity index (χ0v) is 25.8. The van der Waals surface area contributed by atoms with Gasteiger partial charge in [-0.25, -0.2) is 9.59 Å². The fourth-order valence-corrected chi connectivity index (χ4v) is 6.34. The highest BCUT2D eigenvalue weighted by molar-refractivity contribution is 5.85. The van der Waals surface area contributed by atoms with E-state index in [1.807, 2.05) is 6.07 Å². The van der Waals surface area contributed by atoms with Gasteiger partial charge < -0.3 is 23.4 Å². The number of hydrogen-bond acceptors (Lipinski definition) is 7. The summed E-state index contributed by atoms with van der Waals surface area (Å²) in [7, 11) is 0. The average molecular weight is 701 g/mol. The molecule has 50 heavy (non-hydrogen) atoms. The summed E-state index contributed by atoms with van der Waals surface area (Å²) in [5.74, 6) is -1.97. The summed E-state index contributed by atoms with van der Waals surface area (Å²) in [6.07, 6.45) is -8.41. The van der Waals surface area contributed by atoms with Gasteiger partial charge in [-0.05, 0) is 95.5 Å². The van der Waals surface area contributed by atoms with Gasteiger partial charge in [0.05, 0.1) is 24.2 Å². The smallest absolute Gasteiger partial charge is 0.408 e. The fraction of sp³-hybridized carbons (Fsp3) is 0.257. The number of alkyl halides is 6.